The first-order valence-corrected chi connectivity index (χ1v) is 7.55. The lowest BCUT2D eigenvalue weighted by Gasteiger charge is -2.38. The molecule has 92 valence electrons. The van der Waals surface area contributed by atoms with Crippen molar-refractivity contribution in [2.75, 3.05) is 0 Å². The third-order valence-electron chi connectivity index (χ3n) is 5.81. The summed E-state index contributed by atoms with van der Waals surface area (Å²) >= 11 is 0. The highest BCUT2D eigenvalue weighted by Crippen LogP contribution is 2.56. The summed E-state index contributed by atoms with van der Waals surface area (Å²) < 4.78 is 0. The molecule has 3 aliphatic rings. The van der Waals surface area contributed by atoms with Gasteiger partial charge in [0.2, 0.25) is 0 Å². The van der Waals surface area contributed by atoms with Crippen molar-refractivity contribution >= 4 is 0 Å². The molecule has 1 nitrogen and oxygen atoms in total. The predicted octanol–water partition coefficient (Wildman–Crippen LogP) is 3.58. The van der Waals surface area contributed by atoms with Crippen molar-refractivity contribution in [3.8, 4) is 0 Å². The second kappa shape index (κ2) is 4.33. The minimum Gasteiger partial charge on any atom is -0.327 e. The van der Waals surface area contributed by atoms with Gasteiger partial charge in [0, 0.05) is 6.04 Å². The summed E-state index contributed by atoms with van der Waals surface area (Å²) in [4.78, 5) is 0. The van der Waals surface area contributed by atoms with Crippen LogP contribution in [-0.4, -0.2) is 6.04 Å². The van der Waals surface area contributed by atoms with Crippen LogP contribution in [0.4, 0.5) is 0 Å². The third-order valence-corrected chi connectivity index (χ3v) is 5.81. The van der Waals surface area contributed by atoms with E-state index >= 15 is 0 Å². The van der Waals surface area contributed by atoms with Crippen LogP contribution in [0.15, 0.2) is 0 Å². The first-order chi connectivity index (χ1) is 7.79. The van der Waals surface area contributed by atoms with Crippen LogP contribution in [0.2, 0.25) is 0 Å². The average molecular weight is 221 g/mol. The Morgan fingerprint density at radius 2 is 1.75 bits per heavy atom. The minimum absolute atomic E-state index is 0.540. The van der Waals surface area contributed by atoms with Crippen LogP contribution >= 0.6 is 0 Å². The standard InChI is InChI=1S/C15H27N/c1-2-10-5-3-4-6-14(10)15(16)13-8-11-7-12(11)9-13/h10-15H,2-9,16H2,1H3. The average Bonchev–Trinajstić information content (AvgIpc) is 2.95. The quantitative estimate of drug-likeness (QED) is 0.774. The van der Waals surface area contributed by atoms with Crippen molar-refractivity contribution in [3.05, 3.63) is 0 Å². The predicted molar refractivity (Wildman–Crippen MR) is 68.0 cm³/mol. The maximum Gasteiger partial charge on any atom is 0.00984 e. The van der Waals surface area contributed by atoms with Crippen LogP contribution in [0.5, 0.6) is 0 Å². The van der Waals surface area contributed by atoms with Gasteiger partial charge in [0.05, 0.1) is 0 Å². The summed E-state index contributed by atoms with van der Waals surface area (Å²) in [6.45, 7) is 2.36. The van der Waals surface area contributed by atoms with Gasteiger partial charge in [0.15, 0.2) is 0 Å². The number of nitrogens with two attached hydrogens (primary N) is 1. The molecule has 3 rings (SSSR count). The van der Waals surface area contributed by atoms with Crippen LogP contribution in [0, 0.1) is 29.6 Å². The van der Waals surface area contributed by atoms with Gasteiger partial charge in [-0.05, 0) is 55.3 Å². The van der Waals surface area contributed by atoms with Gasteiger partial charge in [0.25, 0.3) is 0 Å². The maximum atomic E-state index is 6.60. The molecule has 0 radical (unpaired) electrons. The van der Waals surface area contributed by atoms with E-state index in [1.165, 1.54) is 51.4 Å². The Balaban J connectivity index is 1.61. The molecule has 5 unspecified atom stereocenters. The zero-order valence-electron chi connectivity index (χ0n) is 10.7. The fraction of sp³-hybridized carbons (Fsp3) is 1.00. The van der Waals surface area contributed by atoms with E-state index < -0.39 is 0 Å². The molecule has 3 fully saturated rings. The van der Waals surface area contributed by atoms with Gasteiger partial charge < -0.3 is 5.73 Å². The third kappa shape index (κ3) is 1.92. The van der Waals surface area contributed by atoms with Gasteiger partial charge in [-0.15, -0.1) is 0 Å². The van der Waals surface area contributed by atoms with Crippen molar-refractivity contribution < 1.29 is 0 Å². The molecule has 1 heteroatoms. The van der Waals surface area contributed by atoms with Gasteiger partial charge in [0.1, 0.15) is 0 Å². The fourth-order valence-electron chi connectivity index (χ4n) is 4.68. The molecule has 0 bridgehead atoms. The van der Waals surface area contributed by atoms with Gasteiger partial charge in [-0.2, -0.15) is 0 Å². The number of hydrogen-bond acceptors (Lipinski definition) is 1. The molecule has 0 aromatic carbocycles. The number of fused-ring (bicyclic) bond motifs is 1. The second-order valence-electron chi connectivity index (χ2n) is 6.68. The largest absolute Gasteiger partial charge is 0.327 e. The van der Waals surface area contributed by atoms with Gasteiger partial charge in [-0.3, -0.25) is 0 Å². The lowest BCUT2D eigenvalue weighted by atomic mass is 9.70. The molecule has 0 aromatic heterocycles. The topological polar surface area (TPSA) is 26.0 Å². The van der Waals surface area contributed by atoms with Crippen LogP contribution in [-0.2, 0) is 0 Å². The Bertz CT molecular complexity index is 240. The summed E-state index contributed by atoms with van der Waals surface area (Å²) in [5, 5.41) is 0. The Labute approximate surface area is 100 Å². The molecule has 0 heterocycles. The van der Waals surface area contributed by atoms with E-state index in [1.54, 1.807) is 0 Å². The molecular weight excluding hydrogens is 194 g/mol. The zero-order valence-corrected chi connectivity index (χ0v) is 10.7. The van der Waals surface area contributed by atoms with E-state index in [4.69, 9.17) is 5.73 Å². The first kappa shape index (κ1) is 11.1. The highest BCUT2D eigenvalue weighted by molar-refractivity contribution is 5.00. The lowest BCUT2D eigenvalue weighted by molar-refractivity contribution is 0.157. The van der Waals surface area contributed by atoms with E-state index in [-0.39, 0.29) is 0 Å². The van der Waals surface area contributed by atoms with E-state index in [9.17, 15) is 0 Å². The fourth-order valence-corrected chi connectivity index (χ4v) is 4.68. The zero-order chi connectivity index (χ0) is 11.1. The molecular formula is C15H27N. The molecule has 0 saturated heterocycles. The SMILES string of the molecule is CCC1CCCCC1C(N)C1CC2CC2C1. The van der Waals surface area contributed by atoms with Crippen molar-refractivity contribution in [2.45, 2.75) is 64.3 Å². The van der Waals surface area contributed by atoms with Crippen molar-refractivity contribution in [2.24, 2.45) is 35.3 Å². The molecule has 3 saturated carbocycles. The monoisotopic (exact) mass is 221 g/mol. The highest BCUT2D eigenvalue weighted by Gasteiger charge is 2.48. The Morgan fingerprint density at radius 3 is 2.44 bits per heavy atom. The molecule has 0 spiro atoms. The van der Waals surface area contributed by atoms with Crippen LogP contribution < -0.4 is 5.73 Å². The summed E-state index contributed by atoms with van der Waals surface area (Å²) in [6, 6.07) is 0.540. The van der Waals surface area contributed by atoms with Crippen LogP contribution in [0.25, 0.3) is 0 Å². The first-order valence-electron chi connectivity index (χ1n) is 7.55. The van der Waals surface area contributed by atoms with Crippen molar-refractivity contribution in [3.63, 3.8) is 0 Å². The molecule has 2 N–H and O–H groups in total. The van der Waals surface area contributed by atoms with Gasteiger partial charge in [-0.25, -0.2) is 0 Å². The summed E-state index contributed by atoms with van der Waals surface area (Å²) in [5.41, 5.74) is 6.60. The molecule has 0 amide bonds. The van der Waals surface area contributed by atoms with E-state index in [0.717, 1.165) is 29.6 Å². The Hall–Kier alpha value is -0.0400. The van der Waals surface area contributed by atoms with E-state index in [0.29, 0.717) is 6.04 Å². The number of hydrogen-bond donors (Lipinski definition) is 1. The summed E-state index contributed by atoms with van der Waals surface area (Å²) in [7, 11) is 0. The van der Waals surface area contributed by atoms with Gasteiger partial charge in [-0.1, -0.05) is 32.6 Å². The lowest BCUT2D eigenvalue weighted by Crippen LogP contribution is -2.42. The summed E-state index contributed by atoms with van der Waals surface area (Å²) in [6.07, 6.45) is 11.6. The smallest absolute Gasteiger partial charge is 0.00984 e. The Morgan fingerprint density at radius 1 is 1.06 bits per heavy atom. The Kier molecular flexibility index (Phi) is 2.99. The highest BCUT2D eigenvalue weighted by atomic mass is 14.7. The van der Waals surface area contributed by atoms with Crippen LogP contribution in [0.3, 0.4) is 0 Å². The van der Waals surface area contributed by atoms with Crippen LogP contribution in [0.1, 0.15) is 58.3 Å². The number of rotatable bonds is 3. The van der Waals surface area contributed by atoms with E-state index in [2.05, 4.69) is 6.92 Å². The molecule has 0 aliphatic heterocycles. The second-order valence-corrected chi connectivity index (χ2v) is 6.68. The minimum atomic E-state index is 0.540. The molecule has 16 heavy (non-hydrogen) atoms. The van der Waals surface area contributed by atoms with Crippen molar-refractivity contribution in [1.29, 1.82) is 0 Å². The van der Waals surface area contributed by atoms with Crippen molar-refractivity contribution in [1.82, 2.24) is 0 Å². The molecule has 0 aromatic rings. The van der Waals surface area contributed by atoms with Gasteiger partial charge >= 0.3 is 0 Å². The molecule has 3 aliphatic carbocycles. The maximum absolute atomic E-state index is 6.60. The normalized spacial score (nSPS) is 48.8. The molecule has 5 atom stereocenters. The van der Waals surface area contributed by atoms with E-state index in [1.807, 2.05) is 0 Å². The summed E-state index contributed by atoms with van der Waals surface area (Å²) in [5.74, 6) is 4.89.